The molecule has 4 heterocycles. The third-order valence-electron chi connectivity index (χ3n) is 9.55. The molecule has 5 aromatic rings. The molecule has 0 unspecified atom stereocenters. The van der Waals surface area contributed by atoms with Gasteiger partial charge in [-0.05, 0) is 56.0 Å². The number of benzene rings is 3. The molecule has 2 N–H and O–H groups in total. The second kappa shape index (κ2) is 14.0. The second-order valence-corrected chi connectivity index (χ2v) is 13.4. The highest BCUT2D eigenvalue weighted by molar-refractivity contribution is 6.31. The number of H-pyrrole nitrogens is 1. The Labute approximate surface area is 289 Å². The molecule has 2 amide bonds. The van der Waals surface area contributed by atoms with Gasteiger partial charge in [0.1, 0.15) is 5.69 Å². The Balaban J connectivity index is 1.18. The summed E-state index contributed by atoms with van der Waals surface area (Å²) in [5.41, 5.74) is 5.62. The smallest absolute Gasteiger partial charge is 0.410 e. The van der Waals surface area contributed by atoms with Gasteiger partial charge >= 0.3 is 6.09 Å². The molecule has 0 radical (unpaired) electrons. The van der Waals surface area contributed by atoms with Crippen molar-refractivity contribution in [1.82, 2.24) is 29.7 Å². The lowest BCUT2D eigenvalue weighted by molar-refractivity contribution is 0.0377. The Morgan fingerprint density at radius 2 is 1.77 bits per heavy atom. The molecule has 2 aliphatic rings. The van der Waals surface area contributed by atoms with Crippen LogP contribution >= 0.6 is 23.2 Å². The number of cyclic esters (lactones) is 1. The second-order valence-electron chi connectivity index (χ2n) is 12.5. The van der Waals surface area contributed by atoms with E-state index < -0.39 is 0 Å². The van der Waals surface area contributed by atoms with E-state index in [0.29, 0.717) is 35.4 Å². The van der Waals surface area contributed by atoms with E-state index in [1.54, 1.807) is 0 Å². The highest BCUT2D eigenvalue weighted by Crippen LogP contribution is 2.41. The maximum Gasteiger partial charge on any atom is 0.410 e. The fourth-order valence-corrected chi connectivity index (χ4v) is 7.27. The minimum atomic E-state index is -0.200. The Hall–Kier alpha value is -4.31. The number of piperidine rings is 1. The van der Waals surface area contributed by atoms with Gasteiger partial charge in [-0.15, -0.1) is 0 Å². The van der Waals surface area contributed by atoms with Crippen LogP contribution in [0.25, 0.3) is 33.4 Å². The molecule has 1 atom stereocenters. The van der Waals surface area contributed by atoms with Crippen LogP contribution in [0.15, 0.2) is 79.1 Å². The van der Waals surface area contributed by atoms with Gasteiger partial charge in [-0.25, -0.2) is 9.78 Å². The summed E-state index contributed by atoms with van der Waals surface area (Å²) in [6.07, 6.45) is 4.33. The molecule has 2 fully saturated rings. The lowest BCUT2D eigenvalue weighted by Crippen LogP contribution is -2.50. The van der Waals surface area contributed by atoms with Crippen LogP contribution in [0.4, 0.5) is 4.79 Å². The summed E-state index contributed by atoms with van der Waals surface area (Å²) in [6, 6.07) is 23.6. The van der Waals surface area contributed by atoms with E-state index in [4.69, 9.17) is 32.9 Å². The van der Waals surface area contributed by atoms with Crippen LogP contribution in [0.5, 0.6) is 0 Å². The normalized spacial score (nSPS) is 16.6. The van der Waals surface area contributed by atoms with E-state index in [1.165, 1.54) is 0 Å². The summed E-state index contributed by atoms with van der Waals surface area (Å²) < 4.78 is 7.38. The molecule has 0 aliphatic carbocycles. The molecule has 2 aromatic heterocycles. The fourth-order valence-electron chi connectivity index (χ4n) is 6.97. The van der Waals surface area contributed by atoms with Gasteiger partial charge in [-0.3, -0.25) is 4.79 Å². The van der Waals surface area contributed by atoms with Gasteiger partial charge in [0.2, 0.25) is 0 Å². The zero-order valence-corrected chi connectivity index (χ0v) is 28.3. The fraction of sp³-hybridized carbons (Fsp3) is 0.324. The highest BCUT2D eigenvalue weighted by Gasteiger charge is 2.31. The van der Waals surface area contributed by atoms with E-state index in [0.717, 1.165) is 77.9 Å². The quantitative estimate of drug-likeness (QED) is 0.166. The molecule has 48 heavy (non-hydrogen) atoms. The van der Waals surface area contributed by atoms with Crippen molar-refractivity contribution in [3.05, 3.63) is 100 Å². The van der Waals surface area contributed by atoms with Crippen molar-refractivity contribution in [1.29, 1.82) is 0 Å². The number of halogens is 2. The molecule has 3 aromatic carbocycles. The first-order valence-electron chi connectivity index (χ1n) is 16.5. The monoisotopic (exact) mass is 684 g/mol. The Kier molecular flexibility index (Phi) is 9.43. The number of nitrogens with one attached hydrogen (secondary N) is 2. The van der Waals surface area contributed by atoms with E-state index in [1.807, 2.05) is 84.0 Å². The zero-order chi connectivity index (χ0) is 33.2. The number of imidazole rings is 1. The number of amides is 2. The minimum Gasteiger partial charge on any atom is -0.449 e. The van der Waals surface area contributed by atoms with Crippen LogP contribution in [0.1, 0.15) is 48.3 Å². The lowest BCUT2D eigenvalue weighted by Gasteiger charge is -2.39. The Bertz CT molecular complexity index is 1910. The van der Waals surface area contributed by atoms with Crippen LogP contribution in [-0.2, 0) is 4.74 Å². The molecule has 2 saturated heterocycles. The van der Waals surface area contributed by atoms with E-state index >= 15 is 0 Å². The number of aromatic amines is 1. The summed E-state index contributed by atoms with van der Waals surface area (Å²) in [5, 5.41) is 5.31. The maximum absolute atomic E-state index is 14.1. The first-order valence-corrected chi connectivity index (χ1v) is 17.3. The van der Waals surface area contributed by atoms with E-state index in [2.05, 4.69) is 26.7 Å². The third kappa shape index (κ3) is 6.55. The number of likely N-dealkylation sites (tertiary alicyclic amines) is 1. The SMILES string of the molecule is C[C@@H](c1ccc(Cl)cc1)n1cnc(-c2ccccc2)c1-c1c(C(=O)NCCN2CCC(N3CCCOC3=O)CC2)[nH]c2cc(Cl)ccc12. The van der Waals surface area contributed by atoms with Gasteiger partial charge in [0, 0.05) is 70.8 Å². The van der Waals surface area contributed by atoms with Crippen LogP contribution in [0.2, 0.25) is 10.0 Å². The van der Waals surface area contributed by atoms with Crippen molar-refractivity contribution < 1.29 is 14.3 Å². The lowest BCUT2D eigenvalue weighted by atomic mass is 9.99. The molecule has 0 bridgehead atoms. The van der Waals surface area contributed by atoms with Gasteiger partial charge in [0.05, 0.1) is 30.4 Å². The first-order chi connectivity index (χ1) is 23.4. The summed E-state index contributed by atoms with van der Waals surface area (Å²) in [6.45, 7) is 6.32. The van der Waals surface area contributed by atoms with Crippen molar-refractivity contribution in [2.24, 2.45) is 0 Å². The number of aromatic nitrogens is 3. The number of ether oxygens (including phenoxy) is 1. The molecular formula is C37H38Cl2N6O3. The average Bonchev–Trinajstić information content (AvgIpc) is 3.71. The number of carbonyl (C=O) groups excluding carboxylic acids is 2. The number of rotatable bonds is 9. The highest BCUT2D eigenvalue weighted by atomic mass is 35.5. The molecule has 248 valence electrons. The molecule has 0 saturated carbocycles. The molecular weight excluding hydrogens is 647 g/mol. The minimum absolute atomic E-state index is 0.106. The largest absolute Gasteiger partial charge is 0.449 e. The molecule has 7 rings (SSSR count). The van der Waals surface area contributed by atoms with Gasteiger partial charge in [0.15, 0.2) is 0 Å². The summed E-state index contributed by atoms with van der Waals surface area (Å²) in [5.74, 6) is -0.200. The molecule has 2 aliphatic heterocycles. The van der Waals surface area contributed by atoms with Crippen molar-refractivity contribution >= 4 is 46.1 Å². The molecule has 11 heteroatoms. The first kappa shape index (κ1) is 32.2. The summed E-state index contributed by atoms with van der Waals surface area (Å²) in [4.78, 5) is 38.9. The predicted molar refractivity (Wildman–Crippen MR) is 190 cm³/mol. The number of carbonyl (C=O) groups is 2. The maximum atomic E-state index is 14.1. The topological polar surface area (TPSA) is 95.5 Å². The van der Waals surface area contributed by atoms with Crippen LogP contribution < -0.4 is 5.32 Å². The number of hydrogen-bond acceptors (Lipinski definition) is 5. The van der Waals surface area contributed by atoms with E-state index in [9.17, 15) is 9.59 Å². The Morgan fingerprint density at radius 1 is 1.02 bits per heavy atom. The zero-order valence-electron chi connectivity index (χ0n) is 26.8. The van der Waals surface area contributed by atoms with Crippen molar-refractivity contribution in [2.75, 3.05) is 39.3 Å². The molecule has 0 spiro atoms. The number of hydrogen-bond donors (Lipinski definition) is 2. The number of fused-ring (bicyclic) bond motifs is 1. The van der Waals surface area contributed by atoms with Gasteiger partial charge in [-0.1, -0.05) is 71.7 Å². The van der Waals surface area contributed by atoms with E-state index in [-0.39, 0.29) is 24.1 Å². The van der Waals surface area contributed by atoms with Crippen molar-refractivity contribution in [3.8, 4) is 22.5 Å². The van der Waals surface area contributed by atoms with Crippen LogP contribution in [0, 0.1) is 0 Å². The summed E-state index contributed by atoms with van der Waals surface area (Å²) in [7, 11) is 0. The van der Waals surface area contributed by atoms with Crippen LogP contribution in [0.3, 0.4) is 0 Å². The summed E-state index contributed by atoms with van der Waals surface area (Å²) >= 11 is 12.7. The standard InChI is InChI=1S/C37H38Cl2N6O3/c1-24(25-8-10-27(38)11-9-25)45-23-41-33(26-6-3-2-4-7-26)35(45)32-30-13-12-28(39)22-31(30)42-34(32)36(46)40-16-20-43-18-14-29(15-19-43)44-17-5-21-48-37(44)47/h2-4,6-13,22-24,29,42H,5,14-21H2,1H3,(H,40,46)/t24-/m0/s1. The van der Waals surface area contributed by atoms with Crippen LogP contribution in [-0.4, -0.2) is 81.7 Å². The predicted octanol–water partition coefficient (Wildman–Crippen LogP) is 7.65. The van der Waals surface area contributed by atoms with Gasteiger partial charge < -0.3 is 29.4 Å². The van der Waals surface area contributed by atoms with Crippen molar-refractivity contribution in [2.45, 2.75) is 38.3 Å². The average molecular weight is 686 g/mol. The third-order valence-corrected chi connectivity index (χ3v) is 10.0. The Morgan fingerprint density at radius 3 is 2.52 bits per heavy atom. The van der Waals surface area contributed by atoms with Gasteiger partial charge in [0.25, 0.3) is 5.91 Å². The number of nitrogens with zero attached hydrogens (tertiary/aromatic N) is 4. The molecule has 9 nitrogen and oxygen atoms in total. The van der Waals surface area contributed by atoms with Crippen molar-refractivity contribution in [3.63, 3.8) is 0 Å². The van der Waals surface area contributed by atoms with Gasteiger partial charge in [-0.2, -0.15) is 0 Å².